The second kappa shape index (κ2) is 4.76. The zero-order valence-electron chi connectivity index (χ0n) is 9.12. The van der Waals surface area contributed by atoms with Gasteiger partial charge in [-0.2, -0.15) is 4.98 Å². The monoisotopic (exact) mass is 281 g/mol. The molecule has 0 amide bonds. The Morgan fingerprint density at radius 2 is 2.25 bits per heavy atom. The second-order valence-electron chi connectivity index (χ2n) is 3.48. The van der Waals surface area contributed by atoms with Gasteiger partial charge in [0.2, 0.25) is 0 Å². The molecule has 16 heavy (non-hydrogen) atoms. The van der Waals surface area contributed by atoms with Crippen LogP contribution < -0.4 is 5.32 Å². The number of hydrogen-bond donors (Lipinski definition) is 1. The molecule has 2 aromatic rings. The lowest BCUT2D eigenvalue weighted by atomic mass is 10.1. The highest BCUT2D eigenvalue weighted by Crippen LogP contribution is 2.29. The van der Waals surface area contributed by atoms with Crippen LogP contribution >= 0.6 is 15.9 Å². The first-order valence-electron chi connectivity index (χ1n) is 4.95. The van der Waals surface area contributed by atoms with Crippen molar-refractivity contribution >= 4 is 15.9 Å². The van der Waals surface area contributed by atoms with Gasteiger partial charge in [0.05, 0.1) is 12.1 Å². The van der Waals surface area contributed by atoms with Crippen molar-refractivity contribution < 1.29 is 4.52 Å². The van der Waals surface area contributed by atoms with Gasteiger partial charge in [0.15, 0.2) is 5.82 Å². The second-order valence-corrected chi connectivity index (χ2v) is 4.28. The fourth-order valence-corrected chi connectivity index (χ4v) is 1.84. The lowest BCUT2D eigenvalue weighted by Crippen LogP contribution is -2.06. The van der Waals surface area contributed by atoms with Crippen LogP contribution in [0.25, 0.3) is 11.5 Å². The van der Waals surface area contributed by atoms with Crippen LogP contribution in [0.4, 0.5) is 0 Å². The number of benzene rings is 1. The normalized spacial score (nSPS) is 10.7. The number of aryl methyl sites for hydroxylation is 1. The van der Waals surface area contributed by atoms with E-state index in [0.29, 0.717) is 18.3 Å². The highest BCUT2D eigenvalue weighted by Gasteiger charge is 2.12. The minimum absolute atomic E-state index is 0.542. The van der Waals surface area contributed by atoms with Crippen LogP contribution in [0.3, 0.4) is 0 Å². The molecule has 1 heterocycles. The van der Waals surface area contributed by atoms with E-state index in [2.05, 4.69) is 31.4 Å². The molecule has 0 unspecified atom stereocenters. The first-order valence-corrected chi connectivity index (χ1v) is 5.74. The maximum atomic E-state index is 5.21. The summed E-state index contributed by atoms with van der Waals surface area (Å²) in [6, 6.07) is 5.95. The quantitative estimate of drug-likeness (QED) is 0.939. The Labute approximate surface area is 102 Å². The van der Waals surface area contributed by atoms with Crippen molar-refractivity contribution in [3.8, 4) is 11.5 Å². The van der Waals surface area contributed by atoms with Crippen LogP contribution in [-0.2, 0) is 6.54 Å². The van der Waals surface area contributed by atoms with E-state index >= 15 is 0 Å². The van der Waals surface area contributed by atoms with Gasteiger partial charge in [-0.1, -0.05) is 17.3 Å². The summed E-state index contributed by atoms with van der Waals surface area (Å²) in [5.41, 5.74) is 2.07. The van der Waals surface area contributed by atoms with Crippen molar-refractivity contribution in [3.05, 3.63) is 34.1 Å². The van der Waals surface area contributed by atoms with E-state index in [1.165, 1.54) is 0 Å². The van der Waals surface area contributed by atoms with Crippen LogP contribution in [0.2, 0.25) is 0 Å². The average molecular weight is 282 g/mol. The van der Waals surface area contributed by atoms with E-state index in [9.17, 15) is 0 Å². The Kier molecular flexibility index (Phi) is 3.36. The molecule has 1 N–H and O–H groups in total. The summed E-state index contributed by atoms with van der Waals surface area (Å²) in [6.45, 7) is 2.63. The van der Waals surface area contributed by atoms with Gasteiger partial charge in [0, 0.05) is 4.47 Å². The van der Waals surface area contributed by atoms with Gasteiger partial charge < -0.3 is 9.84 Å². The third kappa shape index (κ3) is 2.15. The van der Waals surface area contributed by atoms with Gasteiger partial charge in [-0.3, -0.25) is 0 Å². The molecule has 0 bridgehead atoms. The summed E-state index contributed by atoms with van der Waals surface area (Å²) in [6.07, 6.45) is 0. The van der Waals surface area contributed by atoms with Gasteiger partial charge in [-0.05, 0) is 41.5 Å². The molecule has 0 atom stereocenters. The molecule has 84 valence electrons. The number of nitrogens with zero attached hydrogens (tertiary/aromatic N) is 2. The van der Waals surface area contributed by atoms with Crippen molar-refractivity contribution in [2.75, 3.05) is 7.05 Å². The fourth-order valence-electron chi connectivity index (χ4n) is 1.41. The summed E-state index contributed by atoms with van der Waals surface area (Å²) in [5, 5.41) is 6.86. The number of hydrogen-bond acceptors (Lipinski definition) is 4. The Bertz CT molecular complexity index is 496. The highest BCUT2D eigenvalue weighted by molar-refractivity contribution is 9.10. The van der Waals surface area contributed by atoms with Crippen molar-refractivity contribution in [1.82, 2.24) is 15.5 Å². The number of rotatable bonds is 3. The van der Waals surface area contributed by atoms with Gasteiger partial charge in [0.25, 0.3) is 5.89 Å². The largest absolute Gasteiger partial charge is 0.334 e. The molecule has 0 aliphatic rings. The van der Waals surface area contributed by atoms with Gasteiger partial charge in [0.1, 0.15) is 0 Å². The van der Waals surface area contributed by atoms with E-state index < -0.39 is 0 Å². The molecule has 0 fully saturated rings. The summed E-state index contributed by atoms with van der Waals surface area (Å²) < 4.78 is 6.20. The minimum Gasteiger partial charge on any atom is -0.334 e. The highest BCUT2D eigenvalue weighted by atomic mass is 79.9. The van der Waals surface area contributed by atoms with Gasteiger partial charge in [-0.25, -0.2) is 0 Å². The predicted molar refractivity (Wildman–Crippen MR) is 64.9 cm³/mol. The number of aromatic nitrogens is 2. The van der Waals surface area contributed by atoms with E-state index in [-0.39, 0.29) is 0 Å². The third-order valence-corrected chi connectivity index (χ3v) is 3.28. The maximum Gasteiger partial charge on any atom is 0.259 e. The van der Waals surface area contributed by atoms with Crippen LogP contribution in [0, 0.1) is 6.92 Å². The summed E-state index contributed by atoms with van der Waals surface area (Å²) >= 11 is 3.52. The third-order valence-electron chi connectivity index (χ3n) is 2.23. The number of halogens is 1. The lowest BCUT2D eigenvalue weighted by Gasteiger charge is -2.01. The lowest BCUT2D eigenvalue weighted by molar-refractivity contribution is 0.420. The predicted octanol–water partition coefficient (Wildman–Crippen LogP) is 2.53. The molecule has 1 aromatic carbocycles. The van der Waals surface area contributed by atoms with Gasteiger partial charge >= 0.3 is 0 Å². The molecule has 4 nitrogen and oxygen atoms in total. The van der Waals surface area contributed by atoms with E-state index in [0.717, 1.165) is 15.6 Å². The van der Waals surface area contributed by atoms with Crippen molar-refractivity contribution in [2.45, 2.75) is 13.5 Å². The van der Waals surface area contributed by atoms with Crippen molar-refractivity contribution in [3.63, 3.8) is 0 Å². The van der Waals surface area contributed by atoms with Crippen LogP contribution in [0.15, 0.2) is 27.2 Å². The van der Waals surface area contributed by atoms with Crippen LogP contribution in [0.1, 0.15) is 11.4 Å². The Balaban J connectivity index is 2.39. The Morgan fingerprint density at radius 1 is 1.44 bits per heavy atom. The smallest absolute Gasteiger partial charge is 0.259 e. The maximum absolute atomic E-state index is 5.21. The molecule has 0 spiro atoms. The molecular formula is C11H12BrN3O. The van der Waals surface area contributed by atoms with Gasteiger partial charge in [-0.15, -0.1) is 0 Å². The molecule has 0 saturated carbocycles. The molecule has 0 aliphatic heterocycles. The topological polar surface area (TPSA) is 51.0 Å². The van der Waals surface area contributed by atoms with Crippen molar-refractivity contribution in [1.29, 1.82) is 0 Å². The zero-order chi connectivity index (χ0) is 11.5. The first-order chi connectivity index (χ1) is 7.72. The first kappa shape index (κ1) is 11.3. The molecule has 1 aromatic heterocycles. The summed E-state index contributed by atoms with van der Waals surface area (Å²) in [7, 11) is 1.85. The van der Waals surface area contributed by atoms with E-state index in [1.807, 2.05) is 32.2 Å². The minimum atomic E-state index is 0.542. The molecule has 0 aliphatic carbocycles. The average Bonchev–Trinajstić information content (AvgIpc) is 2.71. The van der Waals surface area contributed by atoms with Crippen LogP contribution in [-0.4, -0.2) is 17.2 Å². The Hall–Kier alpha value is -1.20. The molecule has 5 heteroatoms. The zero-order valence-corrected chi connectivity index (χ0v) is 10.7. The SMILES string of the molecule is CNCc1noc(-c2cccc(C)c2Br)n1. The molecule has 2 rings (SSSR count). The molecule has 0 saturated heterocycles. The molecular weight excluding hydrogens is 270 g/mol. The molecule has 0 radical (unpaired) electrons. The number of nitrogens with one attached hydrogen (secondary N) is 1. The van der Waals surface area contributed by atoms with E-state index in [1.54, 1.807) is 0 Å². The van der Waals surface area contributed by atoms with Crippen molar-refractivity contribution in [2.24, 2.45) is 0 Å². The summed E-state index contributed by atoms with van der Waals surface area (Å²) in [4.78, 5) is 4.30. The van der Waals surface area contributed by atoms with Crippen LogP contribution in [0.5, 0.6) is 0 Å². The Morgan fingerprint density at radius 3 is 3.00 bits per heavy atom. The summed E-state index contributed by atoms with van der Waals surface area (Å²) in [5.74, 6) is 1.20. The standard InChI is InChI=1S/C11H12BrN3O/c1-7-4-3-5-8(10(7)12)11-14-9(6-13-2)15-16-11/h3-5,13H,6H2,1-2H3. The fraction of sp³-hybridized carbons (Fsp3) is 0.273. The van der Waals surface area contributed by atoms with E-state index in [4.69, 9.17) is 4.52 Å².